The number of aromatic nitrogens is 1. The van der Waals surface area contributed by atoms with Gasteiger partial charge in [0.1, 0.15) is 11.5 Å². The number of pyridine rings is 1. The van der Waals surface area contributed by atoms with Crippen molar-refractivity contribution in [2.24, 2.45) is 5.10 Å². The van der Waals surface area contributed by atoms with Gasteiger partial charge < -0.3 is 33.6 Å². The summed E-state index contributed by atoms with van der Waals surface area (Å²) in [5.41, 5.74) is 3.67. The average Bonchev–Trinajstić information content (AvgIpc) is 2.45. The van der Waals surface area contributed by atoms with E-state index in [2.05, 4.69) is 15.5 Å². The molecule has 24 heavy (non-hydrogen) atoms. The number of carbonyl (C=O) groups excluding carboxylic acids is 1. The molecule has 0 bridgehead atoms. The largest absolute Gasteiger partial charge is 2.00 e. The van der Waals surface area contributed by atoms with Crippen LogP contribution >= 0.6 is 0 Å². The SMILES string of the molecule is C/C(=N\NC(=O)c1ccncc1)c1ccc(O)cc1O.[Cl-].[Mo].[O-2].[O-2]. The second-order valence-corrected chi connectivity index (χ2v) is 4.08. The zero-order chi connectivity index (χ0) is 14.5. The summed E-state index contributed by atoms with van der Waals surface area (Å²) in [6.45, 7) is 1.64. The van der Waals surface area contributed by atoms with Crippen molar-refractivity contribution < 1.29 is 59.4 Å². The minimum Gasteiger partial charge on any atom is -2.00 e. The molecule has 0 aliphatic carbocycles. The van der Waals surface area contributed by atoms with Crippen LogP contribution < -0.4 is 17.8 Å². The molecule has 0 radical (unpaired) electrons. The molecule has 0 atom stereocenters. The normalized spacial score (nSPS) is 9.29. The van der Waals surface area contributed by atoms with E-state index >= 15 is 0 Å². The minimum absolute atomic E-state index is 0. The third-order valence-corrected chi connectivity index (χ3v) is 2.64. The fourth-order valence-electron chi connectivity index (χ4n) is 1.59. The Balaban J connectivity index is -0.00000110. The van der Waals surface area contributed by atoms with Gasteiger partial charge in [0, 0.05) is 50.7 Å². The third kappa shape index (κ3) is 7.06. The van der Waals surface area contributed by atoms with E-state index in [1.165, 1.54) is 30.6 Å². The Labute approximate surface area is 158 Å². The summed E-state index contributed by atoms with van der Waals surface area (Å²) in [5.74, 6) is -0.519. The molecule has 2 aromatic rings. The summed E-state index contributed by atoms with van der Waals surface area (Å²) >= 11 is 0. The van der Waals surface area contributed by atoms with E-state index in [1.807, 2.05) is 0 Å². The number of amides is 1. The van der Waals surface area contributed by atoms with Crippen LogP contribution in [0.3, 0.4) is 0 Å². The molecule has 0 saturated carbocycles. The standard InChI is InChI=1S/C14H13N3O3.ClH.Mo.2O/c1-9(12-3-2-11(18)8-13(12)19)16-17-14(20)10-4-6-15-7-5-10;;;;/h2-8,18-19H,1H3,(H,17,20);1H;;;/q;;;2*-2/p-1/b16-9+;;;;. The van der Waals surface area contributed by atoms with Gasteiger partial charge in [-0.05, 0) is 31.2 Å². The number of hydrogen-bond acceptors (Lipinski definition) is 5. The molecule has 0 unspecified atom stereocenters. The van der Waals surface area contributed by atoms with Gasteiger partial charge in [-0.15, -0.1) is 0 Å². The van der Waals surface area contributed by atoms with Gasteiger partial charge >= 0.3 is 0 Å². The van der Waals surface area contributed by atoms with Crippen molar-refractivity contribution in [3.63, 3.8) is 0 Å². The first-order valence-corrected chi connectivity index (χ1v) is 5.85. The van der Waals surface area contributed by atoms with E-state index in [0.717, 1.165) is 0 Å². The van der Waals surface area contributed by atoms with E-state index in [4.69, 9.17) is 0 Å². The first-order valence-electron chi connectivity index (χ1n) is 5.85. The summed E-state index contributed by atoms with van der Waals surface area (Å²) < 4.78 is 0. The quantitative estimate of drug-likeness (QED) is 0.303. The van der Waals surface area contributed by atoms with Crippen molar-refractivity contribution in [2.45, 2.75) is 6.92 Å². The minimum atomic E-state index is -0.370. The molecular weight excluding hydrogens is 422 g/mol. The van der Waals surface area contributed by atoms with Crippen LogP contribution in [0.25, 0.3) is 0 Å². The summed E-state index contributed by atoms with van der Waals surface area (Å²) in [5, 5.41) is 22.8. The van der Waals surface area contributed by atoms with Gasteiger partial charge in [-0.3, -0.25) is 9.78 Å². The molecule has 132 valence electrons. The van der Waals surface area contributed by atoms with E-state index < -0.39 is 0 Å². The van der Waals surface area contributed by atoms with E-state index in [9.17, 15) is 15.0 Å². The molecule has 0 spiro atoms. The number of aromatic hydroxyl groups is 2. The fourth-order valence-corrected chi connectivity index (χ4v) is 1.59. The molecule has 1 aromatic carbocycles. The number of halogens is 1. The number of nitrogens with zero attached hydrogens (tertiary/aromatic N) is 2. The Morgan fingerprint density at radius 2 is 1.71 bits per heavy atom. The van der Waals surface area contributed by atoms with E-state index in [0.29, 0.717) is 16.8 Å². The van der Waals surface area contributed by atoms with Crippen LogP contribution in [0.15, 0.2) is 47.8 Å². The number of phenols is 2. The maximum Gasteiger partial charge on any atom is 0.271 e. The summed E-state index contributed by atoms with van der Waals surface area (Å²) in [7, 11) is 0. The van der Waals surface area contributed by atoms with Crippen LogP contribution in [0.2, 0.25) is 0 Å². The van der Waals surface area contributed by atoms with E-state index in [-0.39, 0.29) is 61.8 Å². The Morgan fingerprint density at radius 3 is 2.25 bits per heavy atom. The maximum absolute atomic E-state index is 11.8. The number of rotatable bonds is 3. The molecular formula is C14H13ClMoN3O5-5. The second-order valence-electron chi connectivity index (χ2n) is 4.08. The first kappa shape index (κ1) is 26.9. The van der Waals surface area contributed by atoms with Gasteiger partial charge in [-0.1, -0.05) is 0 Å². The molecule has 3 N–H and O–H groups in total. The molecule has 2 rings (SSSR count). The van der Waals surface area contributed by atoms with Gasteiger partial charge in [0.25, 0.3) is 5.91 Å². The van der Waals surface area contributed by atoms with Crippen LogP contribution in [0.4, 0.5) is 0 Å². The Hall–Kier alpha value is -1.99. The monoisotopic (exact) mass is 436 g/mol. The maximum atomic E-state index is 11.8. The van der Waals surface area contributed by atoms with Crippen LogP contribution in [-0.2, 0) is 32.0 Å². The van der Waals surface area contributed by atoms with Crippen molar-refractivity contribution in [2.75, 3.05) is 0 Å². The number of benzene rings is 1. The van der Waals surface area contributed by atoms with Crippen molar-refractivity contribution in [3.8, 4) is 11.5 Å². The Bertz CT molecular complexity index is 671. The third-order valence-electron chi connectivity index (χ3n) is 2.64. The summed E-state index contributed by atoms with van der Waals surface area (Å²) in [4.78, 5) is 15.6. The van der Waals surface area contributed by atoms with Crippen molar-refractivity contribution in [1.82, 2.24) is 10.4 Å². The number of nitrogens with one attached hydrogen (secondary N) is 1. The number of hydrazone groups is 1. The zero-order valence-corrected chi connectivity index (χ0v) is 15.1. The predicted molar refractivity (Wildman–Crippen MR) is 75.1 cm³/mol. The number of phenolic OH excluding ortho intramolecular Hbond substituents is 2. The molecule has 1 amide bonds. The smallest absolute Gasteiger partial charge is 0.271 e. The second kappa shape index (κ2) is 12.4. The van der Waals surface area contributed by atoms with Crippen LogP contribution in [0, 0.1) is 0 Å². The summed E-state index contributed by atoms with van der Waals surface area (Å²) in [6.07, 6.45) is 3.02. The Kier molecular flexibility index (Phi) is 13.9. The van der Waals surface area contributed by atoms with Gasteiger partial charge in [0.15, 0.2) is 0 Å². The van der Waals surface area contributed by atoms with Gasteiger partial charge in [0.2, 0.25) is 0 Å². The fraction of sp³-hybridized carbons (Fsp3) is 0.0714. The van der Waals surface area contributed by atoms with Crippen LogP contribution in [0.1, 0.15) is 22.8 Å². The van der Waals surface area contributed by atoms with Crippen molar-refractivity contribution >= 4 is 11.6 Å². The number of hydrogen-bond donors (Lipinski definition) is 3. The zero-order valence-electron chi connectivity index (χ0n) is 12.3. The number of carbonyl (C=O) groups is 1. The van der Waals surface area contributed by atoms with Crippen molar-refractivity contribution in [1.29, 1.82) is 0 Å². The Morgan fingerprint density at radius 1 is 1.12 bits per heavy atom. The van der Waals surface area contributed by atoms with Crippen molar-refractivity contribution in [3.05, 3.63) is 53.9 Å². The van der Waals surface area contributed by atoms with Gasteiger partial charge in [-0.25, -0.2) is 5.43 Å². The topological polar surface area (TPSA) is 152 Å². The predicted octanol–water partition coefficient (Wildman–Crippen LogP) is -1.59. The molecule has 1 heterocycles. The molecule has 10 heteroatoms. The van der Waals surface area contributed by atoms with Gasteiger partial charge in [-0.2, -0.15) is 5.10 Å². The molecule has 8 nitrogen and oxygen atoms in total. The molecule has 0 saturated heterocycles. The summed E-state index contributed by atoms with van der Waals surface area (Å²) in [6, 6.07) is 7.29. The van der Waals surface area contributed by atoms with Crippen LogP contribution in [0.5, 0.6) is 11.5 Å². The molecule has 1 aromatic heterocycles. The van der Waals surface area contributed by atoms with Gasteiger partial charge in [0.05, 0.1) is 5.71 Å². The molecule has 0 aliphatic heterocycles. The molecule has 0 aliphatic rings. The first-order chi connectivity index (χ1) is 9.58. The average molecular weight is 435 g/mol. The molecule has 0 fully saturated rings. The van der Waals surface area contributed by atoms with Crippen LogP contribution in [-0.4, -0.2) is 26.8 Å². The van der Waals surface area contributed by atoms with E-state index in [1.54, 1.807) is 19.1 Å².